The number of rotatable bonds is 1. The molecule has 0 aromatic carbocycles. The number of hydrogen-bond acceptors (Lipinski definition) is 3. The van der Waals surface area contributed by atoms with E-state index in [9.17, 15) is 14.0 Å². The number of carbonyl (C=O) groups is 2. The van der Waals surface area contributed by atoms with E-state index in [1.807, 2.05) is 20.8 Å². The summed E-state index contributed by atoms with van der Waals surface area (Å²) in [6.07, 6.45) is 1.01. The van der Waals surface area contributed by atoms with Gasteiger partial charge in [0.2, 0.25) is 5.91 Å². The minimum absolute atomic E-state index is 0.0646. The molecule has 0 spiro atoms. The highest BCUT2D eigenvalue weighted by atomic mass is 19.1. The van der Waals surface area contributed by atoms with Gasteiger partial charge in [-0.05, 0) is 46.5 Å². The summed E-state index contributed by atoms with van der Waals surface area (Å²) in [6.45, 7) is 6.86. The van der Waals surface area contributed by atoms with Gasteiger partial charge in [0.15, 0.2) is 0 Å². The zero-order chi connectivity index (χ0) is 15.6. The average Bonchev–Trinajstić information content (AvgIpc) is 2.86. The molecule has 0 saturated carbocycles. The fraction of sp³-hybridized carbons (Fsp3) is 0.867. The molecule has 2 saturated heterocycles. The maximum atomic E-state index is 13.2. The number of hydrogen-bond donors (Lipinski definition) is 0. The molecule has 2 aliphatic heterocycles. The van der Waals surface area contributed by atoms with E-state index in [0.29, 0.717) is 38.9 Å². The van der Waals surface area contributed by atoms with Gasteiger partial charge >= 0.3 is 6.09 Å². The molecule has 120 valence electrons. The zero-order valence-corrected chi connectivity index (χ0v) is 13.1. The summed E-state index contributed by atoms with van der Waals surface area (Å²) in [5, 5.41) is 0. The van der Waals surface area contributed by atoms with Gasteiger partial charge in [-0.3, -0.25) is 9.69 Å². The smallest absolute Gasteiger partial charge is 0.410 e. The van der Waals surface area contributed by atoms with Crippen LogP contribution < -0.4 is 0 Å². The molecule has 0 N–H and O–H groups in total. The van der Waals surface area contributed by atoms with Crippen LogP contribution in [0.4, 0.5) is 9.18 Å². The van der Waals surface area contributed by atoms with E-state index in [-0.39, 0.29) is 5.91 Å². The highest BCUT2D eigenvalue weighted by Crippen LogP contribution is 2.24. The first-order valence-electron chi connectivity index (χ1n) is 7.70. The zero-order valence-electron chi connectivity index (χ0n) is 13.1. The van der Waals surface area contributed by atoms with Gasteiger partial charge in [-0.1, -0.05) is 0 Å². The predicted octanol–water partition coefficient (Wildman–Crippen LogP) is 2.35. The Hall–Kier alpha value is -1.33. The van der Waals surface area contributed by atoms with Crippen LogP contribution in [0.2, 0.25) is 0 Å². The third-order valence-electron chi connectivity index (χ3n) is 3.90. The van der Waals surface area contributed by atoms with Crippen molar-refractivity contribution < 1.29 is 18.7 Å². The first-order valence-corrected chi connectivity index (χ1v) is 7.70. The number of halogens is 1. The summed E-state index contributed by atoms with van der Waals surface area (Å²) in [5.74, 6) is -0.0646. The number of likely N-dealkylation sites (tertiary alicyclic amines) is 2. The van der Waals surface area contributed by atoms with Gasteiger partial charge in [0, 0.05) is 19.6 Å². The first-order chi connectivity index (χ1) is 9.78. The van der Waals surface area contributed by atoms with Crippen molar-refractivity contribution in [2.75, 3.05) is 19.6 Å². The Morgan fingerprint density at radius 2 is 1.71 bits per heavy atom. The van der Waals surface area contributed by atoms with E-state index in [2.05, 4.69) is 0 Å². The van der Waals surface area contributed by atoms with Crippen molar-refractivity contribution in [3.8, 4) is 0 Å². The number of nitrogens with zero attached hydrogens (tertiary/aromatic N) is 2. The number of piperidine rings is 1. The minimum Gasteiger partial charge on any atom is -0.444 e. The number of alkyl halides is 1. The second-order valence-electron chi connectivity index (χ2n) is 6.83. The van der Waals surface area contributed by atoms with Crippen LogP contribution in [0.15, 0.2) is 0 Å². The fourth-order valence-electron chi connectivity index (χ4n) is 2.84. The molecule has 0 aromatic rings. The largest absolute Gasteiger partial charge is 0.444 e. The Labute approximate surface area is 125 Å². The Morgan fingerprint density at radius 1 is 1.10 bits per heavy atom. The summed E-state index contributed by atoms with van der Waals surface area (Å²) in [6, 6.07) is -0.448. The number of ether oxygens (including phenoxy) is 1. The van der Waals surface area contributed by atoms with Crippen molar-refractivity contribution in [2.24, 2.45) is 0 Å². The van der Waals surface area contributed by atoms with Gasteiger partial charge in [0.1, 0.15) is 17.8 Å². The lowest BCUT2D eigenvalue weighted by Gasteiger charge is -2.34. The molecule has 2 aliphatic rings. The SMILES string of the molecule is CC(C)(C)OC(=O)N1CCC[C@@H]1C(=O)N1CCC(F)CC1. The van der Waals surface area contributed by atoms with Crippen LogP contribution in [0.25, 0.3) is 0 Å². The maximum Gasteiger partial charge on any atom is 0.410 e. The normalized spacial score (nSPS) is 24.3. The summed E-state index contributed by atoms with van der Waals surface area (Å²) < 4.78 is 18.5. The van der Waals surface area contributed by atoms with Crippen molar-refractivity contribution in [3.63, 3.8) is 0 Å². The molecule has 2 amide bonds. The first kappa shape index (κ1) is 16.0. The van der Waals surface area contributed by atoms with E-state index in [0.717, 1.165) is 6.42 Å². The van der Waals surface area contributed by atoms with Crippen LogP contribution in [-0.4, -0.2) is 59.2 Å². The number of amides is 2. The van der Waals surface area contributed by atoms with Gasteiger partial charge in [0.25, 0.3) is 0 Å². The van der Waals surface area contributed by atoms with Crippen molar-refractivity contribution in [1.82, 2.24) is 9.80 Å². The van der Waals surface area contributed by atoms with E-state index in [1.165, 1.54) is 4.90 Å². The standard InChI is InChI=1S/C15H25FN2O3/c1-15(2,3)21-14(20)18-8-4-5-12(18)13(19)17-9-6-11(16)7-10-17/h11-12H,4-10H2,1-3H3/t12-/m1/s1. The van der Waals surface area contributed by atoms with E-state index in [4.69, 9.17) is 4.74 Å². The lowest BCUT2D eigenvalue weighted by Crippen LogP contribution is -2.51. The second-order valence-corrected chi connectivity index (χ2v) is 6.83. The Bertz CT molecular complexity index is 400. The number of carbonyl (C=O) groups excluding carboxylic acids is 2. The third-order valence-corrected chi connectivity index (χ3v) is 3.90. The average molecular weight is 300 g/mol. The van der Waals surface area contributed by atoms with Crippen LogP contribution in [0, 0.1) is 0 Å². The Balaban J connectivity index is 1.98. The topological polar surface area (TPSA) is 49.9 Å². The molecule has 0 aliphatic carbocycles. The van der Waals surface area contributed by atoms with Gasteiger partial charge < -0.3 is 9.64 Å². The quantitative estimate of drug-likeness (QED) is 0.747. The summed E-state index contributed by atoms with van der Waals surface area (Å²) in [5.41, 5.74) is -0.570. The third kappa shape index (κ3) is 4.08. The van der Waals surface area contributed by atoms with Crippen molar-refractivity contribution >= 4 is 12.0 Å². The molecule has 0 aromatic heterocycles. The molecule has 21 heavy (non-hydrogen) atoms. The maximum absolute atomic E-state index is 13.2. The highest BCUT2D eigenvalue weighted by molar-refractivity contribution is 5.86. The lowest BCUT2D eigenvalue weighted by molar-refractivity contribution is -0.137. The van der Waals surface area contributed by atoms with Crippen molar-refractivity contribution in [3.05, 3.63) is 0 Å². The second kappa shape index (κ2) is 6.20. The molecule has 2 fully saturated rings. The van der Waals surface area contributed by atoms with Crippen LogP contribution in [-0.2, 0) is 9.53 Å². The van der Waals surface area contributed by atoms with Crippen molar-refractivity contribution in [2.45, 2.75) is 64.3 Å². The molecule has 2 heterocycles. The lowest BCUT2D eigenvalue weighted by atomic mass is 10.1. The molecule has 0 radical (unpaired) electrons. The molecular formula is C15H25FN2O3. The monoisotopic (exact) mass is 300 g/mol. The van der Waals surface area contributed by atoms with Gasteiger partial charge in [-0.15, -0.1) is 0 Å². The van der Waals surface area contributed by atoms with Crippen LogP contribution in [0.1, 0.15) is 46.5 Å². The molecule has 5 nitrogen and oxygen atoms in total. The molecule has 0 bridgehead atoms. The molecule has 1 atom stereocenters. The fourth-order valence-corrected chi connectivity index (χ4v) is 2.84. The molecule has 6 heteroatoms. The van der Waals surface area contributed by atoms with E-state index in [1.54, 1.807) is 4.90 Å². The van der Waals surface area contributed by atoms with E-state index < -0.39 is 23.9 Å². The predicted molar refractivity (Wildman–Crippen MR) is 76.7 cm³/mol. The summed E-state index contributed by atoms with van der Waals surface area (Å²) in [7, 11) is 0. The van der Waals surface area contributed by atoms with Crippen LogP contribution in [0.3, 0.4) is 0 Å². The van der Waals surface area contributed by atoms with Crippen LogP contribution in [0.5, 0.6) is 0 Å². The van der Waals surface area contributed by atoms with E-state index >= 15 is 0 Å². The highest BCUT2D eigenvalue weighted by Gasteiger charge is 2.39. The molecule has 2 rings (SSSR count). The Kier molecular flexibility index (Phi) is 4.74. The summed E-state index contributed by atoms with van der Waals surface area (Å²) >= 11 is 0. The Morgan fingerprint density at radius 3 is 2.29 bits per heavy atom. The van der Waals surface area contributed by atoms with Crippen LogP contribution >= 0.6 is 0 Å². The minimum atomic E-state index is -0.806. The molecular weight excluding hydrogens is 275 g/mol. The summed E-state index contributed by atoms with van der Waals surface area (Å²) in [4.78, 5) is 27.9. The van der Waals surface area contributed by atoms with Gasteiger partial charge in [-0.25, -0.2) is 9.18 Å². The van der Waals surface area contributed by atoms with Crippen molar-refractivity contribution in [1.29, 1.82) is 0 Å². The van der Waals surface area contributed by atoms with Gasteiger partial charge in [-0.2, -0.15) is 0 Å². The van der Waals surface area contributed by atoms with Gasteiger partial charge in [0.05, 0.1) is 0 Å². The molecule has 0 unspecified atom stereocenters.